The first-order valence-corrected chi connectivity index (χ1v) is 29.6. The molecule has 4 aromatic rings. The Hall–Kier alpha value is -4.97. The summed E-state index contributed by atoms with van der Waals surface area (Å²) < 4.78 is 19.9. The third-order valence-electron chi connectivity index (χ3n) is 15.1. The van der Waals surface area contributed by atoms with Gasteiger partial charge in [0, 0.05) is 37.1 Å². The van der Waals surface area contributed by atoms with Gasteiger partial charge in [-0.05, 0) is 119 Å². The van der Waals surface area contributed by atoms with Crippen LogP contribution in [0.2, 0.25) is 0 Å². The molecule has 2 aliphatic heterocycles. The molecule has 2 aromatic heterocycles. The third-order valence-corrected chi connectivity index (χ3v) is 15.1. The summed E-state index contributed by atoms with van der Waals surface area (Å²) >= 11 is 0. The summed E-state index contributed by atoms with van der Waals surface area (Å²) in [6.07, 6.45) is 31.1. The van der Waals surface area contributed by atoms with Crippen LogP contribution in [0.3, 0.4) is 0 Å². The molecule has 12 heteroatoms. The molecule has 1 amide bonds. The van der Waals surface area contributed by atoms with Crippen molar-refractivity contribution in [2.45, 2.75) is 245 Å². The van der Waals surface area contributed by atoms with Crippen LogP contribution in [0, 0.1) is 0 Å². The maximum absolute atomic E-state index is 13.6. The normalized spacial score (nSPS) is 14.4. The molecular weight excluding hydrogens is 941 g/mol. The molecule has 75 heavy (non-hydrogen) atoms. The highest BCUT2D eigenvalue weighted by Gasteiger charge is 2.29. The Balaban J connectivity index is 0.000000282. The fraction of sp³-hybridized carbons (Fsp3) is 0.667. The maximum Gasteiger partial charge on any atom is 0.410 e. The average Bonchev–Trinajstić information content (AvgIpc) is 3.41. The Kier molecular flexibility index (Phi) is 27.5. The lowest BCUT2D eigenvalue weighted by Crippen LogP contribution is -2.42. The number of hydrogen-bond acceptors (Lipinski definition) is 9. The van der Waals surface area contributed by atoms with E-state index in [-0.39, 0.29) is 54.4 Å². The molecule has 0 unspecified atom stereocenters. The molecule has 0 bridgehead atoms. The van der Waals surface area contributed by atoms with Crippen molar-refractivity contribution in [1.82, 2.24) is 19.4 Å². The van der Waals surface area contributed by atoms with E-state index >= 15 is 0 Å². The number of piperidine rings is 2. The smallest absolute Gasteiger partial charge is 0.410 e. The van der Waals surface area contributed by atoms with E-state index in [4.69, 9.17) is 14.2 Å². The number of carbonyl (C=O) groups is 3. The number of likely N-dealkylation sites (tertiary alicyclic amines) is 1. The predicted octanol–water partition coefficient (Wildman–Crippen LogP) is 15.0. The number of amides is 1. The van der Waals surface area contributed by atoms with E-state index in [0.29, 0.717) is 44.3 Å². The number of benzene rings is 2. The van der Waals surface area contributed by atoms with Gasteiger partial charge in [0.05, 0.1) is 11.0 Å². The Bertz CT molecular complexity index is 2420. The van der Waals surface area contributed by atoms with Crippen LogP contribution in [0.4, 0.5) is 4.79 Å². The number of esters is 2. The number of aromatic nitrogens is 2. The second-order valence-electron chi connectivity index (χ2n) is 22.4. The van der Waals surface area contributed by atoms with Crippen molar-refractivity contribution in [3.8, 4) is 0 Å². The number of hydrogen-bond donors (Lipinski definition) is 1. The minimum Gasteiger partial charge on any atom is -0.444 e. The lowest BCUT2D eigenvalue weighted by Gasteiger charge is -2.33. The molecule has 0 spiro atoms. The minimum absolute atomic E-state index is 0.00494. The highest BCUT2D eigenvalue weighted by atomic mass is 16.6. The molecule has 0 radical (unpaired) electrons. The predicted molar refractivity (Wildman–Crippen MR) is 305 cm³/mol. The van der Waals surface area contributed by atoms with E-state index < -0.39 is 5.60 Å². The molecule has 2 aliphatic rings. The summed E-state index contributed by atoms with van der Waals surface area (Å²) in [6, 6.07) is 19.6. The van der Waals surface area contributed by atoms with E-state index in [1.807, 2.05) is 81.4 Å². The number of nitrogens with one attached hydrogen (secondary N) is 1. The number of unbranched alkanes of at least 4 members (excludes halogenated alkanes) is 20. The van der Waals surface area contributed by atoms with Crippen LogP contribution in [-0.4, -0.2) is 63.8 Å². The van der Waals surface area contributed by atoms with Crippen LogP contribution >= 0.6 is 0 Å². The van der Waals surface area contributed by atoms with E-state index in [0.717, 1.165) is 85.4 Å². The van der Waals surface area contributed by atoms with Gasteiger partial charge in [0.1, 0.15) is 5.60 Å². The summed E-state index contributed by atoms with van der Waals surface area (Å²) in [5.74, 6) is -0.173. The SMILES string of the molecule is CCCCCCCCCCCCCC(=O)OCn1c(=O)c(C2CCN(C(=O)OC(C)(C)C)CC2)cc2ccccc21.CCCCCCCCCCCCCC(=O)OCn1c(=O)c(C2CCNCC2)cc2ccccc21. The Morgan fingerprint density at radius 3 is 1.27 bits per heavy atom. The highest BCUT2D eigenvalue weighted by molar-refractivity contribution is 5.81. The molecule has 0 atom stereocenters. The quantitative estimate of drug-likeness (QED) is 0.0307. The van der Waals surface area contributed by atoms with E-state index in [9.17, 15) is 24.0 Å². The summed E-state index contributed by atoms with van der Waals surface area (Å²) in [7, 11) is 0. The number of rotatable bonds is 30. The lowest BCUT2D eigenvalue weighted by molar-refractivity contribution is -0.148. The zero-order valence-electron chi connectivity index (χ0n) is 47.1. The van der Waals surface area contributed by atoms with Gasteiger partial charge >= 0.3 is 18.0 Å². The fourth-order valence-electron chi connectivity index (χ4n) is 10.7. The summed E-state index contributed by atoms with van der Waals surface area (Å²) in [5.41, 5.74) is 2.47. The van der Waals surface area contributed by atoms with Crippen molar-refractivity contribution < 1.29 is 28.6 Å². The zero-order valence-corrected chi connectivity index (χ0v) is 47.1. The van der Waals surface area contributed by atoms with Gasteiger partial charge in [-0.2, -0.15) is 0 Å². The molecule has 6 rings (SSSR count). The van der Waals surface area contributed by atoms with Gasteiger partial charge in [-0.1, -0.05) is 179 Å². The van der Waals surface area contributed by atoms with Crippen LogP contribution < -0.4 is 16.4 Å². The Morgan fingerprint density at radius 2 is 0.880 bits per heavy atom. The van der Waals surface area contributed by atoms with Crippen LogP contribution in [0.25, 0.3) is 21.8 Å². The van der Waals surface area contributed by atoms with Crippen molar-refractivity contribution in [2.24, 2.45) is 0 Å². The molecule has 0 saturated carbocycles. The molecular formula is C63H96N4O8. The number of fused-ring (bicyclic) bond motifs is 2. The molecule has 2 saturated heterocycles. The molecule has 416 valence electrons. The van der Waals surface area contributed by atoms with Crippen LogP contribution in [0.1, 0.15) is 237 Å². The molecule has 2 aromatic carbocycles. The monoisotopic (exact) mass is 1040 g/mol. The van der Waals surface area contributed by atoms with Crippen molar-refractivity contribution in [1.29, 1.82) is 0 Å². The molecule has 0 aliphatic carbocycles. The second kappa shape index (κ2) is 33.9. The number of nitrogens with zero attached hydrogens (tertiary/aromatic N) is 3. The van der Waals surface area contributed by atoms with Crippen LogP contribution in [-0.2, 0) is 37.3 Å². The van der Waals surface area contributed by atoms with Crippen LogP contribution in [0.5, 0.6) is 0 Å². The number of para-hydroxylation sites is 2. The van der Waals surface area contributed by atoms with Gasteiger partial charge < -0.3 is 24.4 Å². The largest absolute Gasteiger partial charge is 0.444 e. The van der Waals surface area contributed by atoms with Gasteiger partial charge in [-0.15, -0.1) is 0 Å². The lowest BCUT2D eigenvalue weighted by atomic mass is 9.89. The summed E-state index contributed by atoms with van der Waals surface area (Å²) in [6.45, 7) is 13.0. The van der Waals surface area contributed by atoms with Gasteiger partial charge in [0.2, 0.25) is 0 Å². The maximum atomic E-state index is 13.6. The topological polar surface area (TPSA) is 138 Å². The van der Waals surface area contributed by atoms with E-state index in [1.54, 1.807) is 14.0 Å². The molecule has 4 heterocycles. The summed E-state index contributed by atoms with van der Waals surface area (Å²) in [5, 5.41) is 5.33. The number of carbonyl (C=O) groups excluding carboxylic acids is 3. The highest BCUT2D eigenvalue weighted by Crippen LogP contribution is 2.30. The second-order valence-corrected chi connectivity index (χ2v) is 22.4. The summed E-state index contributed by atoms with van der Waals surface area (Å²) in [4.78, 5) is 66.0. The Labute approximate surface area is 450 Å². The fourth-order valence-corrected chi connectivity index (χ4v) is 10.7. The minimum atomic E-state index is -0.537. The number of ether oxygens (including phenoxy) is 3. The zero-order chi connectivity index (χ0) is 53.7. The van der Waals surface area contributed by atoms with Crippen molar-refractivity contribution in [3.63, 3.8) is 0 Å². The Morgan fingerprint density at radius 1 is 0.520 bits per heavy atom. The van der Waals surface area contributed by atoms with E-state index in [2.05, 4.69) is 19.2 Å². The first kappa shape index (κ1) is 60.9. The molecule has 12 nitrogen and oxygen atoms in total. The van der Waals surface area contributed by atoms with Gasteiger partial charge in [-0.3, -0.25) is 28.3 Å². The van der Waals surface area contributed by atoms with Crippen molar-refractivity contribution in [2.75, 3.05) is 26.2 Å². The molecule has 1 N–H and O–H groups in total. The van der Waals surface area contributed by atoms with E-state index in [1.165, 1.54) is 109 Å². The van der Waals surface area contributed by atoms with Crippen molar-refractivity contribution >= 4 is 39.8 Å². The first-order valence-electron chi connectivity index (χ1n) is 29.6. The standard InChI is InChI=1S/C34H52N2O5.C29H44N2O3/c1-5-6-7-8-9-10-11-12-13-14-15-20-31(37)40-26-36-30-19-17-16-18-28(30)25-29(32(36)38)27-21-23-35(24-22-27)33(39)41-34(2,3)4;1-2-3-4-5-6-7-8-9-10-11-12-17-28(32)34-23-31-27-16-14-13-15-25(27)22-26(29(31)33)24-18-20-30-21-19-24/h16-19,25,27H,5-15,20-24,26H2,1-4H3;13-16,22,24,30H,2-12,17-21,23H2,1H3. The third kappa shape index (κ3) is 21.5. The van der Waals surface area contributed by atoms with Crippen LogP contribution in [0.15, 0.2) is 70.3 Å². The average molecular weight is 1040 g/mol. The van der Waals surface area contributed by atoms with Crippen molar-refractivity contribution in [3.05, 3.63) is 92.5 Å². The number of pyridine rings is 2. The molecule has 2 fully saturated rings. The first-order chi connectivity index (χ1) is 36.4. The van der Waals surface area contributed by atoms with Gasteiger partial charge in [0.15, 0.2) is 13.5 Å². The van der Waals surface area contributed by atoms with Gasteiger partial charge in [0.25, 0.3) is 11.1 Å². The van der Waals surface area contributed by atoms with Gasteiger partial charge in [-0.25, -0.2) is 4.79 Å².